The predicted molar refractivity (Wildman–Crippen MR) is 177 cm³/mol. The third-order valence-electron chi connectivity index (χ3n) is 7.78. The van der Waals surface area contributed by atoms with E-state index in [0.29, 0.717) is 34.2 Å². The molecule has 0 N–H and O–H groups in total. The Balaban J connectivity index is 1.37. The van der Waals surface area contributed by atoms with Crippen molar-refractivity contribution in [1.82, 2.24) is 0 Å². The Morgan fingerprint density at radius 2 is 1.22 bits per heavy atom. The third-order valence-corrected chi connectivity index (χ3v) is 7.78. The lowest BCUT2D eigenvalue weighted by atomic mass is 9.90. The Bertz CT molecular complexity index is 1990. The van der Waals surface area contributed by atoms with Crippen LogP contribution in [0.1, 0.15) is 54.1 Å². The van der Waals surface area contributed by atoms with Crippen molar-refractivity contribution in [1.29, 1.82) is 0 Å². The molecule has 5 aromatic carbocycles. The molecule has 1 aliphatic rings. The van der Waals surface area contributed by atoms with Crippen molar-refractivity contribution >= 4 is 34.4 Å². The Labute approximate surface area is 261 Å². The monoisotopic (exact) mass is 587 g/mol. The van der Waals surface area contributed by atoms with E-state index < -0.39 is 5.97 Å². The fraction of sp³-hybridized carbons (Fsp3) is 0.0500. The lowest BCUT2D eigenvalue weighted by Crippen LogP contribution is -2.20. The van der Waals surface area contributed by atoms with Gasteiger partial charge in [0.2, 0.25) is 5.78 Å². The summed E-state index contributed by atoms with van der Waals surface area (Å²) in [7, 11) is 0. The maximum absolute atomic E-state index is 14.4. The summed E-state index contributed by atoms with van der Waals surface area (Å²) in [6.45, 7) is 1.89. The second-order valence-corrected chi connectivity index (χ2v) is 10.7. The molecular weight excluding hydrogens is 558 g/mol. The zero-order valence-corrected chi connectivity index (χ0v) is 24.6. The highest BCUT2D eigenvalue weighted by Gasteiger charge is 2.26. The lowest BCUT2D eigenvalue weighted by molar-refractivity contribution is -0.108. The predicted octanol–water partition coefficient (Wildman–Crippen LogP) is 8.08. The number of carbonyl (C=O) groups is 3. The average Bonchev–Trinajstić information content (AvgIpc) is 3.29. The van der Waals surface area contributed by atoms with E-state index in [0.717, 1.165) is 27.8 Å². The summed E-state index contributed by atoms with van der Waals surface area (Å²) in [5.74, 6) is -1.05. The molecule has 218 valence electrons. The normalized spacial score (nSPS) is 12.7. The largest absolute Gasteiger partial charge is 0.365 e. The molecule has 0 spiro atoms. The highest BCUT2D eigenvalue weighted by atomic mass is 16.7. The number of Topliss-reactive ketones (excluding diaryl/α,β-unsaturated/α-hetero) is 1. The zero-order valence-electron chi connectivity index (χ0n) is 24.6. The summed E-state index contributed by atoms with van der Waals surface area (Å²) in [5, 5.41) is 4.16. The van der Waals surface area contributed by atoms with Crippen molar-refractivity contribution in [3.63, 3.8) is 0 Å². The molecule has 0 aliphatic heterocycles. The van der Waals surface area contributed by atoms with Crippen LogP contribution in [-0.2, 0) is 16.1 Å². The first-order valence-electron chi connectivity index (χ1n) is 14.6. The highest BCUT2D eigenvalue weighted by Crippen LogP contribution is 2.32. The van der Waals surface area contributed by atoms with Gasteiger partial charge in [0.25, 0.3) is 0 Å². The van der Waals surface area contributed by atoms with Gasteiger partial charge >= 0.3 is 5.97 Å². The van der Waals surface area contributed by atoms with E-state index in [9.17, 15) is 14.4 Å². The first kappa shape index (κ1) is 29.1. The molecular formula is C40H29NO4. The van der Waals surface area contributed by atoms with Gasteiger partial charge in [-0.25, -0.2) is 4.79 Å². The quantitative estimate of drug-likeness (QED) is 0.0796. The fourth-order valence-electron chi connectivity index (χ4n) is 5.36. The number of rotatable bonds is 8. The van der Waals surface area contributed by atoms with Gasteiger partial charge in [-0.05, 0) is 53.3 Å². The van der Waals surface area contributed by atoms with Crippen LogP contribution in [0.2, 0.25) is 0 Å². The summed E-state index contributed by atoms with van der Waals surface area (Å²) in [6.07, 6.45) is 4.32. The maximum Gasteiger partial charge on any atom is 0.365 e. The molecule has 0 saturated carbocycles. The van der Waals surface area contributed by atoms with Crippen molar-refractivity contribution in [2.24, 2.45) is 5.16 Å². The van der Waals surface area contributed by atoms with Crippen LogP contribution < -0.4 is 0 Å². The summed E-state index contributed by atoms with van der Waals surface area (Å²) in [5.41, 5.74) is 7.15. The Kier molecular flexibility index (Phi) is 8.51. The smallest absolute Gasteiger partial charge is 0.312 e. The zero-order chi connectivity index (χ0) is 31.2. The van der Waals surface area contributed by atoms with Crippen LogP contribution >= 0.6 is 0 Å². The minimum absolute atomic E-state index is 0.0360. The Morgan fingerprint density at radius 1 is 0.622 bits per heavy atom. The van der Waals surface area contributed by atoms with Crippen molar-refractivity contribution in [2.45, 2.75) is 13.3 Å². The molecule has 1 aliphatic carbocycles. The van der Waals surface area contributed by atoms with Gasteiger partial charge in [0.05, 0.1) is 5.56 Å². The molecule has 0 amide bonds. The van der Waals surface area contributed by atoms with Crippen LogP contribution in [0, 0.1) is 6.92 Å². The van der Waals surface area contributed by atoms with E-state index >= 15 is 0 Å². The van der Waals surface area contributed by atoms with Crippen LogP contribution in [0.25, 0.3) is 11.1 Å². The molecule has 0 bridgehead atoms. The molecule has 5 nitrogen and oxygen atoms in total. The Morgan fingerprint density at radius 3 is 1.93 bits per heavy atom. The second kappa shape index (κ2) is 13.1. The van der Waals surface area contributed by atoms with E-state index in [1.807, 2.05) is 97.9 Å². The number of aryl methyl sites for hydroxylation is 1. The summed E-state index contributed by atoms with van der Waals surface area (Å²) < 4.78 is 0. The molecule has 0 fully saturated rings. The number of oxime groups is 1. The van der Waals surface area contributed by atoms with Crippen molar-refractivity contribution < 1.29 is 19.2 Å². The van der Waals surface area contributed by atoms with E-state index in [4.69, 9.17) is 4.84 Å². The van der Waals surface area contributed by atoms with Gasteiger partial charge in [-0.2, -0.15) is 0 Å². The van der Waals surface area contributed by atoms with Gasteiger partial charge in [0, 0.05) is 22.3 Å². The van der Waals surface area contributed by atoms with Gasteiger partial charge < -0.3 is 4.84 Å². The first-order valence-corrected chi connectivity index (χ1v) is 14.6. The number of fused-ring (bicyclic) bond motifs is 1. The van der Waals surface area contributed by atoms with Gasteiger partial charge in [0.1, 0.15) is 0 Å². The molecule has 6 rings (SSSR count). The number of allylic oxidation sites excluding steroid dienone is 4. The summed E-state index contributed by atoms with van der Waals surface area (Å²) >= 11 is 0. The van der Waals surface area contributed by atoms with E-state index in [1.165, 1.54) is 0 Å². The molecule has 5 heteroatoms. The third kappa shape index (κ3) is 6.38. The number of nitrogens with zero attached hydrogens (tertiary/aromatic N) is 1. The molecule has 0 unspecified atom stereocenters. The van der Waals surface area contributed by atoms with Crippen LogP contribution in [0.4, 0.5) is 0 Å². The minimum Gasteiger partial charge on any atom is -0.312 e. The second-order valence-electron chi connectivity index (χ2n) is 10.7. The SMILES string of the molecule is Cc1ccccc1/C(=N\OC(=O)c1ccccc1)C(=O)C1=CC=C(c2ccc(C(=O)c3ccccc3)cc2)Cc2ccccc21. The lowest BCUT2D eigenvalue weighted by Gasteiger charge is -2.14. The standard InChI is InChI=1S/C40H29NO4/c1-27-12-8-10-18-34(27)37(41-45-40(44)31-15-6-3-7-16-31)39(43)36-25-24-32(26-33-17-9-11-19-35(33)36)28-20-22-30(23-21-28)38(42)29-13-4-2-5-14-29/h2-25H,26H2,1H3/b41-37+. The fourth-order valence-corrected chi connectivity index (χ4v) is 5.36. The summed E-state index contributed by atoms with van der Waals surface area (Å²) in [4.78, 5) is 45.4. The molecule has 0 atom stereocenters. The average molecular weight is 588 g/mol. The number of carbonyl (C=O) groups excluding carboxylic acids is 3. The van der Waals surface area contributed by atoms with Crippen LogP contribution in [0.15, 0.2) is 151 Å². The van der Waals surface area contributed by atoms with E-state index in [1.54, 1.807) is 54.6 Å². The van der Waals surface area contributed by atoms with Crippen molar-refractivity contribution in [3.8, 4) is 0 Å². The van der Waals surface area contributed by atoms with E-state index in [2.05, 4.69) is 5.16 Å². The van der Waals surface area contributed by atoms with Crippen LogP contribution in [0.5, 0.6) is 0 Å². The van der Waals surface area contributed by atoms with Gasteiger partial charge in [-0.3, -0.25) is 9.59 Å². The molecule has 0 saturated heterocycles. The van der Waals surface area contributed by atoms with Crippen LogP contribution in [0.3, 0.4) is 0 Å². The molecule has 0 heterocycles. The van der Waals surface area contributed by atoms with E-state index in [-0.39, 0.29) is 17.3 Å². The topological polar surface area (TPSA) is 72.8 Å². The molecule has 0 radical (unpaired) electrons. The van der Waals surface area contributed by atoms with Crippen molar-refractivity contribution in [2.75, 3.05) is 0 Å². The van der Waals surface area contributed by atoms with Crippen molar-refractivity contribution in [3.05, 3.63) is 190 Å². The summed E-state index contributed by atoms with van der Waals surface area (Å²) in [6, 6.07) is 40.4. The number of hydrogen-bond acceptors (Lipinski definition) is 5. The molecule has 5 aromatic rings. The van der Waals surface area contributed by atoms with Gasteiger partial charge in [-0.15, -0.1) is 0 Å². The van der Waals surface area contributed by atoms with Gasteiger partial charge in [-0.1, -0.05) is 139 Å². The highest BCUT2D eigenvalue weighted by molar-refractivity contribution is 6.60. The van der Waals surface area contributed by atoms with Gasteiger partial charge in [0.15, 0.2) is 11.5 Å². The minimum atomic E-state index is -0.652. The van der Waals surface area contributed by atoms with Crippen LogP contribution in [-0.4, -0.2) is 23.2 Å². The first-order chi connectivity index (χ1) is 22.0. The molecule has 0 aromatic heterocycles. The maximum atomic E-state index is 14.4. The Hall–Kier alpha value is -5.94. The molecule has 45 heavy (non-hydrogen) atoms. The number of ketones is 2. The number of benzene rings is 5. The number of hydrogen-bond donors (Lipinski definition) is 0.